The molecule has 6 nitrogen and oxygen atoms in total. The zero-order valence-corrected chi connectivity index (χ0v) is 19.3. The molecule has 3 heterocycles. The van der Waals surface area contributed by atoms with Crippen molar-refractivity contribution in [2.45, 2.75) is 13.5 Å². The van der Waals surface area contributed by atoms with Gasteiger partial charge in [-0.05, 0) is 31.2 Å². The lowest BCUT2D eigenvalue weighted by Gasteiger charge is -2.34. The predicted molar refractivity (Wildman–Crippen MR) is 130 cm³/mol. The highest BCUT2D eigenvalue weighted by Gasteiger charge is 2.25. The highest BCUT2D eigenvalue weighted by molar-refractivity contribution is 7.14. The molecule has 5 rings (SSSR count). The van der Waals surface area contributed by atoms with Crippen LogP contribution in [0.15, 0.2) is 76.5 Å². The number of rotatable bonds is 6. The standard InChI is InChI=1S/C26H25N3O3S/c1-19-7-9-20(10-8-19)23-18-33-26(27-23)29-15-13-28(14-16-29)25(30)24-12-11-22(32-24)17-31-21-5-3-2-4-6-21/h2-12,18H,13-17H2,1H3. The largest absolute Gasteiger partial charge is 0.486 e. The minimum atomic E-state index is -0.0832. The van der Waals surface area contributed by atoms with Gasteiger partial charge in [-0.15, -0.1) is 11.3 Å². The summed E-state index contributed by atoms with van der Waals surface area (Å²) in [6, 6.07) is 21.5. The van der Waals surface area contributed by atoms with Crippen LogP contribution in [0.1, 0.15) is 21.9 Å². The third kappa shape index (κ3) is 4.93. The zero-order valence-electron chi connectivity index (χ0n) is 18.4. The van der Waals surface area contributed by atoms with Crippen LogP contribution < -0.4 is 9.64 Å². The first-order valence-electron chi connectivity index (χ1n) is 11.0. The van der Waals surface area contributed by atoms with Crippen molar-refractivity contribution < 1.29 is 13.9 Å². The van der Waals surface area contributed by atoms with Crippen molar-refractivity contribution in [2.24, 2.45) is 0 Å². The topological polar surface area (TPSA) is 58.8 Å². The fraction of sp³-hybridized carbons (Fsp3) is 0.231. The molecule has 0 atom stereocenters. The zero-order chi connectivity index (χ0) is 22.6. The summed E-state index contributed by atoms with van der Waals surface area (Å²) < 4.78 is 11.5. The van der Waals surface area contributed by atoms with E-state index in [2.05, 4.69) is 41.5 Å². The van der Waals surface area contributed by atoms with E-state index >= 15 is 0 Å². The number of thiazole rings is 1. The lowest BCUT2D eigenvalue weighted by atomic mass is 10.1. The van der Waals surface area contributed by atoms with Crippen molar-refractivity contribution in [3.63, 3.8) is 0 Å². The summed E-state index contributed by atoms with van der Waals surface area (Å²) in [6.07, 6.45) is 0. The number of benzene rings is 2. The SMILES string of the molecule is Cc1ccc(-c2csc(N3CCN(C(=O)c4ccc(COc5ccccc5)o4)CC3)n2)cc1. The molecule has 0 aliphatic carbocycles. The Labute approximate surface area is 197 Å². The number of hydrogen-bond acceptors (Lipinski definition) is 6. The quantitative estimate of drug-likeness (QED) is 0.394. The van der Waals surface area contributed by atoms with Gasteiger partial charge in [0.05, 0.1) is 5.69 Å². The summed E-state index contributed by atoms with van der Waals surface area (Å²) in [7, 11) is 0. The maximum atomic E-state index is 12.9. The average molecular weight is 460 g/mol. The van der Waals surface area contributed by atoms with Gasteiger partial charge >= 0.3 is 0 Å². The van der Waals surface area contributed by atoms with Gasteiger partial charge in [0.15, 0.2) is 10.9 Å². The van der Waals surface area contributed by atoms with E-state index in [4.69, 9.17) is 14.1 Å². The minimum Gasteiger partial charge on any atom is -0.486 e. The van der Waals surface area contributed by atoms with Gasteiger partial charge in [0.25, 0.3) is 5.91 Å². The number of furan rings is 1. The molecule has 1 aliphatic rings. The van der Waals surface area contributed by atoms with Gasteiger partial charge in [-0.2, -0.15) is 0 Å². The highest BCUT2D eigenvalue weighted by Crippen LogP contribution is 2.28. The Morgan fingerprint density at radius 3 is 2.52 bits per heavy atom. The monoisotopic (exact) mass is 459 g/mol. The Morgan fingerprint density at radius 2 is 1.76 bits per heavy atom. The number of carbonyl (C=O) groups excluding carboxylic acids is 1. The van der Waals surface area contributed by atoms with Crippen molar-refractivity contribution in [2.75, 3.05) is 31.1 Å². The van der Waals surface area contributed by atoms with Gasteiger partial charge in [0.1, 0.15) is 18.1 Å². The fourth-order valence-corrected chi connectivity index (χ4v) is 4.65. The lowest BCUT2D eigenvalue weighted by Crippen LogP contribution is -2.48. The summed E-state index contributed by atoms with van der Waals surface area (Å²) in [5, 5.41) is 3.09. The van der Waals surface area contributed by atoms with Crippen LogP contribution in [0.25, 0.3) is 11.3 Å². The number of ether oxygens (including phenoxy) is 1. The molecule has 1 saturated heterocycles. The number of aryl methyl sites for hydroxylation is 1. The first-order valence-corrected chi connectivity index (χ1v) is 11.9. The molecular formula is C26H25N3O3S. The number of amides is 1. The van der Waals surface area contributed by atoms with Crippen molar-refractivity contribution in [3.8, 4) is 17.0 Å². The van der Waals surface area contributed by atoms with E-state index in [0.29, 0.717) is 31.2 Å². The second kappa shape index (κ2) is 9.50. The van der Waals surface area contributed by atoms with Crippen LogP contribution in [0, 0.1) is 6.92 Å². The molecule has 0 spiro atoms. The summed E-state index contributed by atoms with van der Waals surface area (Å²) in [5.74, 6) is 1.67. The third-order valence-electron chi connectivity index (χ3n) is 5.67. The van der Waals surface area contributed by atoms with Crippen molar-refractivity contribution in [1.29, 1.82) is 0 Å². The van der Waals surface area contributed by atoms with E-state index in [1.807, 2.05) is 35.2 Å². The molecule has 2 aromatic heterocycles. The van der Waals surface area contributed by atoms with Gasteiger partial charge in [-0.1, -0.05) is 48.0 Å². The van der Waals surface area contributed by atoms with Crippen molar-refractivity contribution >= 4 is 22.4 Å². The number of para-hydroxylation sites is 1. The molecule has 7 heteroatoms. The summed E-state index contributed by atoms with van der Waals surface area (Å²) in [4.78, 5) is 21.8. The lowest BCUT2D eigenvalue weighted by molar-refractivity contribution is 0.0710. The number of aromatic nitrogens is 1. The van der Waals surface area contributed by atoms with Gasteiger partial charge in [-0.25, -0.2) is 4.98 Å². The summed E-state index contributed by atoms with van der Waals surface area (Å²) >= 11 is 1.65. The predicted octanol–water partition coefficient (Wildman–Crippen LogP) is 5.25. The van der Waals surface area contributed by atoms with Crippen LogP contribution in [0.5, 0.6) is 5.75 Å². The summed E-state index contributed by atoms with van der Waals surface area (Å²) in [6.45, 7) is 5.13. The second-order valence-electron chi connectivity index (χ2n) is 8.03. The molecule has 0 radical (unpaired) electrons. The molecule has 168 valence electrons. The Hall–Kier alpha value is -3.58. The second-order valence-corrected chi connectivity index (χ2v) is 8.86. The van der Waals surface area contributed by atoms with Gasteiger partial charge in [0, 0.05) is 37.1 Å². The first kappa shape index (κ1) is 21.3. The number of nitrogens with zero attached hydrogens (tertiary/aromatic N) is 3. The van der Waals surface area contributed by atoms with E-state index in [9.17, 15) is 4.79 Å². The number of anilines is 1. The van der Waals surface area contributed by atoms with Crippen LogP contribution in [0.4, 0.5) is 5.13 Å². The van der Waals surface area contributed by atoms with Gasteiger partial charge < -0.3 is 19.0 Å². The van der Waals surface area contributed by atoms with Gasteiger partial charge in [-0.3, -0.25) is 4.79 Å². The number of piperazine rings is 1. The molecule has 2 aromatic carbocycles. The van der Waals surface area contributed by atoms with Crippen LogP contribution in [0.3, 0.4) is 0 Å². The van der Waals surface area contributed by atoms with E-state index in [1.165, 1.54) is 5.56 Å². The highest BCUT2D eigenvalue weighted by atomic mass is 32.1. The van der Waals surface area contributed by atoms with E-state index in [0.717, 1.165) is 35.2 Å². The molecule has 33 heavy (non-hydrogen) atoms. The Balaban J connectivity index is 1.16. The summed E-state index contributed by atoms with van der Waals surface area (Å²) in [5.41, 5.74) is 3.36. The molecule has 4 aromatic rings. The number of carbonyl (C=O) groups is 1. The average Bonchev–Trinajstić information content (AvgIpc) is 3.54. The minimum absolute atomic E-state index is 0.0832. The Morgan fingerprint density at radius 1 is 1.00 bits per heavy atom. The maximum absolute atomic E-state index is 12.9. The molecule has 1 amide bonds. The third-order valence-corrected chi connectivity index (χ3v) is 6.57. The molecule has 0 saturated carbocycles. The maximum Gasteiger partial charge on any atom is 0.289 e. The molecule has 0 bridgehead atoms. The molecule has 0 N–H and O–H groups in total. The molecule has 1 fully saturated rings. The van der Waals surface area contributed by atoms with Crippen molar-refractivity contribution in [1.82, 2.24) is 9.88 Å². The van der Waals surface area contributed by atoms with Crippen LogP contribution >= 0.6 is 11.3 Å². The van der Waals surface area contributed by atoms with Crippen LogP contribution in [-0.4, -0.2) is 42.0 Å². The van der Waals surface area contributed by atoms with E-state index in [1.54, 1.807) is 23.5 Å². The molecular weight excluding hydrogens is 434 g/mol. The smallest absolute Gasteiger partial charge is 0.289 e. The Bertz CT molecular complexity index is 1210. The normalized spacial score (nSPS) is 13.8. The van der Waals surface area contributed by atoms with Crippen LogP contribution in [0.2, 0.25) is 0 Å². The molecule has 0 unspecified atom stereocenters. The van der Waals surface area contributed by atoms with E-state index < -0.39 is 0 Å². The Kier molecular flexibility index (Phi) is 6.13. The first-order chi connectivity index (χ1) is 16.2. The molecule has 1 aliphatic heterocycles. The van der Waals surface area contributed by atoms with Crippen LogP contribution in [-0.2, 0) is 6.61 Å². The van der Waals surface area contributed by atoms with E-state index in [-0.39, 0.29) is 5.91 Å². The number of hydrogen-bond donors (Lipinski definition) is 0. The van der Waals surface area contributed by atoms with Gasteiger partial charge in [0.2, 0.25) is 0 Å². The van der Waals surface area contributed by atoms with Crippen molar-refractivity contribution in [3.05, 3.63) is 89.2 Å². The fourth-order valence-electron chi connectivity index (χ4n) is 3.76.